The molecule has 0 saturated carbocycles. The number of hydrogen-bond donors (Lipinski definition) is 1. The average Bonchev–Trinajstić information content (AvgIpc) is 2.52. The van der Waals surface area contributed by atoms with Crippen LogP contribution in [-0.2, 0) is 22.3 Å². The van der Waals surface area contributed by atoms with Gasteiger partial charge in [0.1, 0.15) is 5.60 Å². The van der Waals surface area contributed by atoms with E-state index in [-0.39, 0.29) is 12.1 Å². The summed E-state index contributed by atoms with van der Waals surface area (Å²) in [6.45, 7) is 12.4. The van der Waals surface area contributed by atoms with Crippen LogP contribution >= 0.6 is 0 Å². The van der Waals surface area contributed by atoms with Gasteiger partial charge in [-0.1, -0.05) is 43.3 Å². The van der Waals surface area contributed by atoms with Crippen LogP contribution in [0.3, 0.4) is 0 Å². The Balaban J connectivity index is 2.46. The minimum atomic E-state index is -0.477. The normalized spacial score (nSPS) is 14.2. The lowest BCUT2D eigenvalue weighted by Gasteiger charge is -2.22. The molecule has 26 heavy (non-hydrogen) atoms. The zero-order valence-corrected chi connectivity index (χ0v) is 17.2. The second-order valence-electron chi connectivity index (χ2n) is 7.80. The van der Waals surface area contributed by atoms with Gasteiger partial charge in [-0.25, -0.2) is 4.79 Å². The van der Waals surface area contributed by atoms with Gasteiger partial charge in [-0.2, -0.15) is 0 Å². The summed E-state index contributed by atoms with van der Waals surface area (Å²) in [5.74, 6) is 0. The van der Waals surface area contributed by atoms with Crippen molar-refractivity contribution in [2.75, 3.05) is 6.61 Å². The maximum Gasteiger partial charge on any atom is 0.407 e. The lowest BCUT2D eigenvalue weighted by Crippen LogP contribution is -2.38. The second-order valence-corrected chi connectivity index (χ2v) is 7.80. The molecule has 1 rings (SSSR count). The first kappa shape index (κ1) is 22.2. The van der Waals surface area contributed by atoms with Crippen LogP contribution in [-0.4, -0.2) is 30.4 Å². The number of carbonyl (C=O) groups excluding carboxylic acids is 1. The fourth-order valence-electron chi connectivity index (χ4n) is 2.42. The van der Waals surface area contributed by atoms with Crippen molar-refractivity contribution in [2.45, 2.75) is 78.6 Å². The quantitative estimate of drug-likeness (QED) is 0.626. The van der Waals surface area contributed by atoms with Crippen LogP contribution in [0.25, 0.3) is 0 Å². The Morgan fingerprint density at radius 3 is 2.54 bits per heavy atom. The van der Waals surface area contributed by atoms with Crippen LogP contribution in [0.5, 0.6) is 0 Å². The van der Waals surface area contributed by atoms with E-state index in [4.69, 9.17) is 9.47 Å². The minimum Gasteiger partial charge on any atom is -0.444 e. The molecule has 1 aromatic carbocycles. The highest BCUT2D eigenvalue weighted by molar-refractivity contribution is 5.68. The van der Waals surface area contributed by atoms with Gasteiger partial charge in [0.05, 0.1) is 12.7 Å². The van der Waals surface area contributed by atoms with Gasteiger partial charge in [-0.3, -0.25) is 0 Å². The molecule has 4 nitrogen and oxygen atoms in total. The van der Waals surface area contributed by atoms with Crippen molar-refractivity contribution in [1.29, 1.82) is 0 Å². The Bertz CT molecular complexity index is 575. The number of carbonyl (C=O) groups is 1. The van der Waals surface area contributed by atoms with Crippen molar-refractivity contribution in [3.8, 4) is 0 Å². The maximum absolute atomic E-state index is 11.8. The molecule has 1 aromatic rings. The number of alkyl carbamates (subject to hydrolysis) is 1. The Hall–Kier alpha value is -1.81. The van der Waals surface area contributed by atoms with Gasteiger partial charge in [0, 0.05) is 6.04 Å². The summed E-state index contributed by atoms with van der Waals surface area (Å²) in [6, 6.07) is 8.48. The second kappa shape index (κ2) is 11.0. The zero-order chi connectivity index (χ0) is 19.6. The van der Waals surface area contributed by atoms with Gasteiger partial charge < -0.3 is 14.8 Å². The van der Waals surface area contributed by atoms with Gasteiger partial charge in [0.25, 0.3) is 0 Å². The van der Waals surface area contributed by atoms with Crippen LogP contribution in [0, 0.1) is 0 Å². The van der Waals surface area contributed by atoms with Crippen LogP contribution in [0.1, 0.15) is 59.1 Å². The van der Waals surface area contributed by atoms with Crippen LogP contribution in [0.2, 0.25) is 0 Å². The van der Waals surface area contributed by atoms with Crippen molar-refractivity contribution < 1.29 is 14.3 Å². The van der Waals surface area contributed by atoms with E-state index in [2.05, 4.69) is 55.6 Å². The molecular weight excluding hydrogens is 326 g/mol. The van der Waals surface area contributed by atoms with E-state index in [1.165, 1.54) is 11.1 Å². The smallest absolute Gasteiger partial charge is 0.407 e. The Kier molecular flexibility index (Phi) is 9.42. The van der Waals surface area contributed by atoms with E-state index in [9.17, 15) is 4.79 Å². The first-order chi connectivity index (χ1) is 12.2. The van der Waals surface area contributed by atoms with Crippen LogP contribution < -0.4 is 5.32 Å². The maximum atomic E-state index is 11.8. The molecule has 0 saturated heterocycles. The standard InChI is InChI=1S/C22H35NO3/c1-7-18(3)25-14-9-8-11-19-12-10-13-20(16-19)15-17(2)23-21(24)26-22(4,5)6/h8-10,12-13,16-18H,7,11,14-15H2,1-6H3,(H,23,24)/b9-8+. The first-order valence-corrected chi connectivity index (χ1v) is 9.53. The van der Waals surface area contributed by atoms with Gasteiger partial charge in [-0.05, 0) is 65.0 Å². The van der Waals surface area contributed by atoms with E-state index >= 15 is 0 Å². The van der Waals surface area contributed by atoms with Gasteiger partial charge in [0.15, 0.2) is 0 Å². The predicted octanol–water partition coefficient (Wildman–Crippen LogP) is 5.06. The highest BCUT2D eigenvalue weighted by atomic mass is 16.6. The number of ether oxygens (including phenoxy) is 2. The summed E-state index contributed by atoms with van der Waals surface area (Å²) in [6.07, 6.45) is 6.84. The Morgan fingerprint density at radius 2 is 1.88 bits per heavy atom. The van der Waals surface area contributed by atoms with Crippen molar-refractivity contribution in [3.63, 3.8) is 0 Å². The Labute approximate surface area is 159 Å². The Morgan fingerprint density at radius 1 is 1.19 bits per heavy atom. The lowest BCUT2D eigenvalue weighted by molar-refractivity contribution is 0.0508. The molecule has 0 radical (unpaired) electrons. The largest absolute Gasteiger partial charge is 0.444 e. The molecule has 0 heterocycles. The van der Waals surface area contributed by atoms with Crippen molar-refractivity contribution in [3.05, 3.63) is 47.5 Å². The predicted molar refractivity (Wildman–Crippen MR) is 108 cm³/mol. The summed E-state index contributed by atoms with van der Waals surface area (Å²) < 4.78 is 10.9. The molecular formula is C22H35NO3. The summed E-state index contributed by atoms with van der Waals surface area (Å²) in [7, 11) is 0. The van der Waals surface area contributed by atoms with Crippen LogP contribution in [0.4, 0.5) is 4.79 Å². The fraction of sp³-hybridized carbons (Fsp3) is 0.591. The number of allylic oxidation sites excluding steroid dienone is 1. The number of benzene rings is 1. The van der Waals surface area contributed by atoms with Gasteiger partial charge >= 0.3 is 6.09 Å². The molecule has 146 valence electrons. The first-order valence-electron chi connectivity index (χ1n) is 9.53. The lowest BCUT2D eigenvalue weighted by atomic mass is 10.0. The molecule has 0 bridgehead atoms. The summed E-state index contributed by atoms with van der Waals surface area (Å²) in [4.78, 5) is 11.8. The molecule has 2 unspecified atom stereocenters. The molecule has 1 N–H and O–H groups in total. The zero-order valence-electron chi connectivity index (χ0n) is 17.2. The molecule has 0 fully saturated rings. The number of amides is 1. The number of nitrogens with one attached hydrogen (secondary N) is 1. The monoisotopic (exact) mass is 361 g/mol. The number of hydrogen-bond acceptors (Lipinski definition) is 3. The van der Waals surface area contributed by atoms with Crippen molar-refractivity contribution in [2.24, 2.45) is 0 Å². The molecule has 1 amide bonds. The molecule has 4 heteroatoms. The van der Waals surface area contributed by atoms with Crippen LogP contribution in [0.15, 0.2) is 36.4 Å². The summed E-state index contributed by atoms with van der Waals surface area (Å²) >= 11 is 0. The molecule has 0 spiro atoms. The average molecular weight is 362 g/mol. The SMILES string of the molecule is CCC(C)OC/C=C/Cc1cccc(CC(C)NC(=O)OC(C)(C)C)c1. The highest BCUT2D eigenvalue weighted by Gasteiger charge is 2.17. The van der Waals surface area contributed by atoms with Crippen molar-refractivity contribution >= 4 is 6.09 Å². The third-order valence-electron chi connectivity index (χ3n) is 3.87. The molecule has 0 aliphatic heterocycles. The van der Waals surface area contributed by atoms with E-state index in [0.29, 0.717) is 12.7 Å². The van der Waals surface area contributed by atoms with Gasteiger partial charge in [-0.15, -0.1) is 0 Å². The third-order valence-corrected chi connectivity index (χ3v) is 3.87. The molecule has 0 aliphatic rings. The van der Waals surface area contributed by atoms with Gasteiger partial charge in [0.2, 0.25) is 0 Å². The topological polar surface area (TPSA) is 47.6 Å². The molecule has 2 atom stereocenters. The summed E-state index contributed by atoms with van der Waals surface area (Å²) in [5, 5.41) is 2.89. The van der Waals surface area contributed by atoms with Crippen molar-refractivity contribution in [1.82, 2.24) is 5.32 Å². The fourth-order valence-corrected chi connectivity index (χ4v) is 2.42. The van der Waals surface area contributed by atoms with E-state index in [0.717, 1.165) is 19.3 Å². The number of rotatable bonds is 9. The molecule has 0 aliphatic carbocycles. The van der Waals surface area contributed by atoms with E-state index in [1.807, 2.05) is 27.7 Å². The van der Waals surface area contributed by atoms with E-state index < -0.39 is 5.60 Å². The minimum absolute atomic E-state index is 0.0135. The third kappa shape index (κ3) is 10.2. The van der Waals surface area contributed by atoms with E-state index in [1.54, 1.807) is 0 Å². The molecule has 0 aromatic heterocycles. The highest BCUT2D eigenvalue weighted by Crippen LogP contribution is 2.11. The summed E-state index contributed by atoms with van der Waals surface area (Å²) in [5.41, 5.74) is 1.98.